The van der Waals surface area contributed by atoms with Crippen molar-refractivity contribution < 1.29 is 23.9 Å². The Kier molecular flexibility index (Phi) is 7.29. The van der Waals surface area contributed by atoms with Crippen molar-refractivity contribution in [3.05, 3.63) is 101 Å². The summed E-state index contributed by atoms with van der Waals surface area (Å²) in [5.41, 5.74) is 16.8. The first-order chi connectivity index (χ1) is 24.0. The molecule has 0 bridgehead atoms. The molecule has 4 N–H and O–H groups in total. The lowest BCUT2D eigenvalue weighted by Gasteiger charge is -2.33. The normalized spacial score (nSPS) is 16.9. The second-order valence-electron chi connectivity index (χ2n) is 13.7. The number of carbonyl (C=O) groups is 4. The van der Waals surface area contributed by atoms with Crippen LogP contribution >= 0.6 is 0 Å². The second kappa shape index (κ2) is 11.5. The van der Waals surface area contributed by atoms with Gasteiger partial charge in [0.1, 0.15) is 5.75 Å². The number of methoxy groups -OCH3 is 1. The predicted molar refractivity (Wildman–Crippen MR) is 193 cm³/mol. The van der Waals surface area contributed by atoms with Crippen LogP contribution in [-0.4, -0.2) is 70.3 Å². The number of hydrogen-bond donors (Lipinski definition) is 2. The van der Waals surface area contributed by atoms with Gasteiger partial charge in [0.15, 0.2) is 0 Å². The molecule has 0 saturated heterocycles. The second-order valence-corrected chi connectivity index (χ2v) is 13.7. The van der Waals surface area contributed by atoms with Crippen molar-refractivity contribution in [1.82, 2.24) is 14.4 Å². The molecule has 10 nitrogen and oxygen atoms in total. The van der Waals surface area contributed by atoms with Gasteiger partial charge in [-0.15, -0.1) is 0 Å². The summed E-state index contributed by atoms with van der Waals surface area (Å²) in [5.74, 6) is -1.56. The Morgan fingerprint density at radius 2 is 1.16 bits per heavy atom. The summed E-state index contributed by atoms with van der Waals surface area (Å²) >= 11 is 0. The SMILES string of the molecule is COc1ccc2ccc3ccc4c(c3c2c1)C(=O)N(C[C@@H](C)C(N)C(N)[C@H](C)CN1C(=O)c2ccc3c(c2C1=O)c1ccccc1n3C)C4=O. The van der Waals surface area contributed by atoms with Crippen LogP contribution < -0.4 is 16.2 Å². The molecule has 10 heteroatoms. The number of nitrogens with zero attached hydrogens (tertiary/aromatic N) is 3. The number of carbonyl (C=O) groups excluding carboxylic acids is 4. The molecule has 0 fully saturated rings. The number of ether oxygens (including phenoxy) is 1. The Morgan fingerprint density at radius 1 is 0.620 bits per heavy atom. The molecule has 4 amide bonds. The zero-order valence-electron chi connectivity index (χ0n) is 28.3. The molecule has 0 saturated carbocycles. The van der Waals surface area contributed by atoms with Crippen molar-refractivity contribution >= 4 is 67.0 Å². The average molecular weight is 668 g/mol. The summed E-state index contributed by atoms with van der Waals surface area (Å²) in [6.45, 7) is 3.87. The van der Waals surface area contributed by atoms with Crippen LogP contribution in [0, 0.1) is 11.8 Å². The maximum atomic E-state index is 14.0. The zero-order chi connectivity index (χ0) is 35.2. The smallest absolute Gasteiger partial charge is 0.262 e. The number of aryl methyl sites for hydroxylation is 1. The maximum absolute atomic E-state index is 14.0. The number of rotatable bonds is 8. The average Bonchev–Trinajstić information content (AvgIpc) is 3.66. The summed E-state index contributed by atoms with van der Waals surface area (Å²) in [5, 5.41) is 5.01. The zero-order valence-corrected chi connectivity index (χ0v) is 28.3. The summed E-state index contributed by atoms with van der Waals surface area (Å²) in [6, 6.07) is 23.3. The highest BCUT2D eigenvalue weighted by Crippen LogP contribution is 2.39. The van der Waals surface area contributed by atoms with Crippen LogP contribution in [0.25, 0.3) is 43.4 Å². The van der Waals surface area contributed by atoms with Crippen molar-refractivity contribution in [1.29, 1.82) is 0 Å². The van der Waals surface area contributed by atoms with Crippen LogP contribution in [0.3, 0.4) is 0 Å². The van der Waals surface area contributed by atoms with E-state index in [0.29, 0.717) is 33.4 Å². The van der Waals surface area contributed by atoms with E-state index in [1.165, 1.54) is 9.80 Å². The minimum Gasteiger partial charge on any atom is -0.497 e. The molecule has 2 aliphatic rings. The lowest BCUT2D eigenvalue weighted by molar-refractivity contribution is 0.0587. The fraction of sp³-hybridized carbons (Fsp3) is 0.250. The number of imide groups is 2. The van der Waals surface area contributed by atoms with Crippen molar-refractivity contribution in [2.75, 3.05) is 20.2 Å². The third-order valence-corrected chi connectivity index (χ3v) is 10.9. The summed E-state index contributed by atoms with van der Waals surface area (Å²) in [6.07, 6.45) is 0. The highest BCUT2D eigenvalue weighted by Gasteiger charge is 2.42. The molecule has 50 heavy (non-hydrogen) atoms. The lowest BCUT2D eigenvalue weighted by atomic mass is 9.87. The predicted octanol–water partition coefficient (Wildman–Crippen LogP) is 5.47. The first kappa shape index (κ1) is 31.7. The fourth-order valence-electron chi connectivity index (χ4n) is 7.96. The van der Waals surface area contributed by atoms with Gasteiger partial charge in [0.05, 0.1) is 29.4 Å². The van der Waals surface area contributed by atoms with Gasteiger partial charge in [-0.05, 0) is 64.4 Å². The number of nitrogens with two attached hydrogens (primary N) is 2. The van der Waals surface area contributed by atoms with E-state index in [4.69, 9.17) is 16.2 Å². The number of para-hydroxylation sites is 1. The number of hydrogen-bond acceptors (Lipinski definition) is 7. The molecule has 1 aromatic heterocycles. The van der Waals surface area contributed by atoms with Gasteiger partial charge in [0.2, 0.25) is 0 Å². The highest BCUT2D eigenvalue weighted by atomic mass is 16.5. The van der Waals surface area contributed by atoms with E-state index in [2.05, 4.69) is 0 Å². The van der Waals surface area contributed by atoms with Gasteiger partial charge in [0, 0.05) is 59.4 Å². The summed E-state index contributed by atoms with van der Waals surface area (Å²) < 4.78 is 7.48. The molecule has 8 rings (SSSR count). The fourth-order valence-corrected chi connectivity index (χ4v) is 7.96. The number of amides is 4. The van der Waals surface area contributed by atoms with Crippen LogP contribution in [-0.2, 0) is 7.05 Å². The van der Waals surface area contributed by atoms with E-state index in [-0.39, 0.29) is 48.6 Å². The highest BCUT2D eigenvalue weighted by molar-refractivity contribution is 6.31. The Bertz CT molecular complexity index is 2470. The lowest BCUT2D eigenvalue weighted by Crippen LogP contribution is -2.54. The quantitative estimate of drug-likeness (QED) is 0.162. The summed E-state index contributed by atoms with van der Waals surface area (Å²) in [4.78, 5) is 57.7. The van der Waals surface area contributed by atoms with Crippen molar-refractivity contribution in [2.24, 2.45) is 30.4 Å². The maximum Gasteiger partial charge on any atom is 0.262 e. The molecule has 2 aliphatic heterocycles. The van der Waals surface area contributed by atoms with E-state index in [1.54, 1.807) is 19.2 Å². The van der Waals surface area contributed by atoms with Gasteiger partial charge in [-0.3, -0.25) is 29.0 Å². The molecular formula is C40H37N5O5. The van der Waals surface area contributed by atoms with Gasteiger partial charge in [-0.1, -0.05) is 56.3 Å². The molecule has 5 aromatic carbocycles. The first-order valence-corrected chi connectivity index (χ1v) is 16.8. The monoisotopic (exact) mass is 667 g/mol. The topological polar surface area (TPSA) is 141 Å². The van der Waals surface area contributed by atoms with Crippen molar-refractivity contribution in [3.63, 3.8) is 0 Å². The molecule has 0 radical (unpaired) electrons. The van der Waals surface area contributed by atoms with Crippen LogP contribution in [0.2, 0.25) is 0 Å². The molecular weight excluding hydrogens is 630 g/mol. The van der Waals surface area contributed by atoms with E-state index in [0.717, 1.165) is 38.0 Å². The third-order valence-electron chi connectivity index (χ3n) is 10.9. The van der Waals surface area contributed by atoms with Gasteiger partial charge >= 0.3 is 0 Å². The third kappa shape index (κ3) is 4.48. The van der Waals surface area contributed by atoms with Crippen molar-refractivity contribution in [3.8, 4) is 5.75 Å². The summed E-state index contributed by atoms with van der Waals surface area (Å²) in [7, 11) is 3.54. The van der Waals surface area contributed by atoms with Crippen LogP contribution in [0.15, 0.2) is 78.9 Å². The van der Waals surface area contributed by atoms with Crippen molar-refractivity contribution in [2.45, 2.75) is 25.9 Å². The molecule has 4 atom stereocenters. The van der Waals surface area contributed by atoms with E-state index in [9.17, 15) is 19.2 Å². The Hall–Kier alpha value is -5.58. The molecule has 2 unspecified atom stereocenters. The largest absolute Gasteiger partial charge is 0.497 e. The number of fused-ring (bicyclic) bond motifs is 10. The van der Waals surface area contributed by atoms with E-state index >= 15 is 0 Å². The Balaban J connectivity index is 1.02. The standard InChI is InChI=1S/C40H37N5O5/c1-20(18-44-37(46)26-14-12-23-10-9-22-11-13-24(50-4)17-28(22)31(23)33(26)39(44)48)35(41)36(42)21(2)19-45-38(47)27-15-16-30-32(34(27)40(45)49)25-7-5-6-8-29(25)43(30)3/h5-17,20-21,35-36H,18-19,41-42H2,1-4H3/t20-,21-,35?,36?/m1/s1. The Labute approximate surface area is 288 Å². The van der Waals surface area contributed by atoms with Gasteiger partial charge in [-0.2, -0.15) is 0 Å². The van der Waals surface area contributed by atoms with Gasteiger partial charge < -0.3 is 20.8 Å². The van der Waals surface area contributed by atoms with Crippen LogP contribution in [0.1, 0.15) is 55.3 Å². The minimum absolute atomic E-state index is 0.0651. The number of benzene rings is 5. The number of aromatic nitrogens is 1. The molecule has 3 heterocycles. The minimum atomic E-state index is -0.642. The van der Waals surface area contributed by atoms with E-state index in [1.807, 2.05) is 92.2 Å². The molecule has 0 spiro atoms. The Morgan fingerprint density at radius 3 is 1.80 bits per heavy atom. The van der Waals surface area contributed by atoms with Crippen LogP contribution in [0.5, 0.6) is 5.75 Å². The van der Waals surface area contributed by atoms with Gasteiger partial charge in [0.25, 0.3) is 23.6 Å². The molecule has 252 valence electrons. The van der Waals surface area contributed by atoms with Gasteiger partial charge in [-0.25, -0.2) is 0 Å². The van der Waals surface area contributed by atoms with Crippen LogP contribution in [0.4, 0.5) is 0 Å². The first-order valence-electron chi connectivity index (χ1n) is 16.8. The molecule has 0 aliphatic carbocycles. The van der Waals surface area contributed by atoms with E-state index < -0.39 is 12.1 Å². The molecule has 6 aromatic rings.